The molecule has 2 rings (SSSR count). The molecule has 1 saturated carbocycles. The van der Waals surface area contributed by atoms with E-state index in [0.29, 0.717) is 18.1 Å². The molecule has 2 unspecified atom stereocenters. The fourth-order valence-electron chi connectivity index (χ4n) is 2.54. The summed E-state index contributed by atoms with van der Waals surface area (Å²) in [6, 6.07) is 2.59. The molecule has 0 bridgehead atoms. The highest BCUT2D eigenvalue weighted by molar-refractivity contribution is 4.92. The van der Waals surface area contributed by atoms with Gasteiger partial charge in [-0.3, -0.25) is 4.90 Å². The summed E-state index contributed by atoms with van der Waals surface area (Å²) < 4.78 is 0. The second-order valence-electron chi connectivity index (χ2n) is 5.18. The molecule has 0 radical (unpaired) electrons. The van der Waals surface area contributed by atoms with E-state index in [2.05, 4.69) is 24.1 Å². The van der Waals surface area contributed by atoms with Gasteiger partial charge in [-0.25, -0.2) is 0 Å². The maximum Gasteiger partial charge on any atom is 0.0325 e. The van der Waals surface area contributed by atoms with Gasteiger partial charge in [0.05, 0.1) is 0 Å². The first-order valence-electron chi connectivity index (χ1n) is 5.91. The first-order valence-corrected chi connectivity index (χ1v) is 5.91. The van der Waals surface area contributed by atoms with E-state index >= 15 is 0 Å². The topological polar surface area (TPSA) is 41.3 Å². The fourth-order valence-corrected chi connectivity index (χ4v) is 2.54. The average molecular weight is 197 g/mol. The van der Waals surface area contributed by atoms with Gasteiger partial charge in [0.1, 0.15) is 0 Å². The van der Waals surface area contributed by atoms with E-state index in [1.165, 1.54) is 32.4 Å². The average Bonchev–Trinajstić information content (AvgIpc) is 2.42. The molecule has 2 atom stereocenters. The number of nitrogens with two attached hydrogens (primary N) is 1. The lowest BCUT2D eigenvalue weighted by molar-refractivity contribution is 0.0854. The van der Waals surface area contributed by atoms with Crippen LogP contribution in [0.25, 0.3) is 0 Å². The van der Waals surface area contributed by atoms with Gasteiger partial charge in [-0.15, -0.1) is 0 Å². The second kappa shape index (κ2) is 4.17. The molecule has 1 aliphatic carbocycles. The Morgan fingerprint density at radius 2 is 1.93 bits per heavy atom. The molecule has 0 aromatic carbocycles. The van der Waals surface area contributed by atoms with Gasteiger partial charge in [0.15, 0.2) is 0 Å². The van der Waals surface area contributed by atoms with Gasteiger partial charge in [-0.05, 0) is 33.1 Å². The maximum atomic E-state index is 5.89. The highest BCUT2D eigenvalue weighted by Crippen LogP contribution is 2.20. The molecule has 2 fully saturated rings. The standard InChI is InChI=1S/C11H23N3/c1-8(2)14-6-11(7-14)13-10-4-3-9(12)5-10/h8-11,13H,3-7,12H2,1-2H3. The minimum Gasteiger partial charge on any atom is -0.328 e. The molecule has 2 aliphatic rings. The minimum atomic E-state index is 0.453. The predicted molar refractivity (Wildman–Crippen MR) is 59.2 cm³/mol. The summed E-state index contributed by atoms with van der Waals surface area (Å²) in [6.07, 6.45) is 3.66. The molecular weight excluding hydrogens is 174 g/mol. The van der Waals surface area contributed by atoms with Crippen LogP contribution in [0, 0.1) is 0 Å². The van der Waals surface area contributed by atoms with Gasteiger partial charge >= 0.3 is 0 Å². The molecule has 14 heavy (non-hydrogen) atoms. The summed E-state index contributed by atoms with van der Waals surface area (Å²) in [6.45, 7) is 6.98. The van der Waals surface area contributed by atoms with Crippen molar-refractivity contribution in [2.24, 2.45) is 5.73 Å². The van der Waals surface area contributed by atoms with Crippen molar-refractivity contribution in [3.63, 3.8) is 0 Å². The van der Waals surface area contributed by atoms with Crippen LogP contribution in [0.1, 0.15) is 33.1 Å². The molecule has 0 aromatic rings. The third-order valence-electron chi connectivity index (χ3n) is 3.58. The first kappa shape index (κ1) is 10.4. The van der Waals surface area contributed by atoms with Crippen molar-refractivity contribution in [2.75, 3.05) is 13.1 Å². The normalized spacial score (nSPS) is 35.1. The largest absolute Gasteiger partial charge is 0.328 e. The van der Waals surface area contributed by atoms with Crippen molar-refractivity contribution in [3.8, 4) is 0 Å². The van der Waals surface area contributed by atoms with Crippen LogP contribution in [0.5, 0.6) is 0 Å². The minimum absolute atomic E-state index is 0.453. The molecule has 3 N–H and O–H groups in total. The van der Waals surface area contributed by atoms with E-state index in [4.69, 9.17) is 5.73 Å². The fraction of sp³-hybridized carbons (Fsp3) is 1.00. The number of hydrogen-bond acceptors (Lipinski definition) is 3. The van der Waals surface area contributed by atoms with Crippen LogP contribution in [0.15, 0.2) is 0 Å². The summed E-state index contributed by atoms with van der Waals surface area (Å²) >= 11 is 0. The van der Waals surface area contributed by atoms with E-state index < -0.39 is 0 Å². The Morgan fingerprint density at radius 3 is 2.43 bits per heavy atom. The number of hydrogen-bond donors (Lipinski definition) is 2. The lowest BCUT2D eigenvalue weighted by Gasteiger charge is -2.43. The van der Waals surface area contributed by atoms with Crippen molar-refractivity contribution >= 4 is 0 Å². The van der Waals surface area contributed by atoms with E-state index in [1.807, 2.05) is 0 Å². The Kier molecular flexibility index (Phi) is 3.10. The molecule has 3 heteroatoms. The van der Waals surface area contributed by atoms with Crippen molar-refractivity contribution in [1.29, 1.82) is 0 Å². The second-order valence-corrected chi connectivity index (χ2v) is 5.18. The van der Waals surface area contributed by atoms with Crippen LogP contribution >= 0.6 is 0 Å². The molecule has 1 heterocycles. The molecule has 3 nitrogen and oxygen atoms in total. The Labute approximate surface area is 87.0 Å². The van der Waals surface area contributed by atoms with Crippen LogP contribution in [0.4, 0.5) is 0 Å². The zero-order valence-corrected chi connectivity index (χ0v) is 9.37. The third kappa shape index (κ3) is 2.27. The van der Waals surface area contributed by atoms with Crippen molar-refractivity contribution < 1.29 is 0 Å². The zero-order valence-electron chi connectivity index (χ0n) is 9.37. The van der Waals surface area contributed by atoms with Crippen LogP contribution in [0.3, 0.4) is 0 Å². The van der Waals surface area contributed by atoms with Gasteiger partial charge in [0, 0.05) is 37.3 Å². The lowest BCUT2D eigenvalue weighted by Crippen LogP contribution is -2.61. The van der Waals surface area contributed by atoms with Crippen LogP contribution in [0.2, 0.25) is 0 Å². The van der Waals surface area contributed by atoms with Crippen LogP contribution in [-0.2, 0) is 0 Å². The Bertz CT molecular complexity index is 187. The summed E-state index contributed by atoms with van der Waals surface area (Å²) in [4.78, 5) is 2.51. The van der Waals surface area contributed by atoms with Crippen LogP contribution in [-0.4, -0.2) is 42.2 Å². The summed E-state index contributed by atoms with van der Waals surface area (Å²) in [5.41, 5.74) is 5.89. The Hall–Kier alpha value is -0.120. The molecule has 0 spiro atoms. The molecule has 1 aliphatic heterocycles. The maximum absolute atomic E-state index is 5.89. The van der Waals surface area contributed by atoms with Crippen molar-refractivity contribution in [3.05, 3.63) is 0 Å². The van der Waals surface area contributed by atoms with Gasteiger partial charge in [-0.2, -0.15) is 0 Å². The van der Waals surface area contributed by atoms with E-state index in [0.717, 1.165) is 6.04 Å². The third-order valence-corrected chi connectivity index (χ3v) is 3.58. The Balaban J connectivity index is 1.64. The van der Waals surface area contributed by atoms with Crippen molar-refractivity contribution in [2.45, 2.75) is 57.3 Å². The quantitative estimate of drug-likeness (QED) is 0.694. The van der Waals surface area contributed by atoms with Crippen LogP contribution < -0.4 is 11.1 Å². The van der Waals surface area contributed by atoms with E-state index in [9.17, 15) is 0 Å². The molecule has 1 saturated heterocycles. The van der Waals surface area contributed by atoms with Gasteiger partial charge in [0.2, 0.25) is 0 Å². The highest BCUT2D eigenvalue weighted by atomic mass is 15.3. The zero-order chi connectivity index (χ0) is 10.1. The van der Waals surface area contributed by atoms with Gasteiger partial charge in [-0.1, -0.05) is 0 Å². The summed E-state index contributed by atoms with van der Waals surface area (Å²) in [5.74, 6) is 0. The molecule has 82 valence electrons. The summed E-state index contributed by atoms with van der Waals surface area (Å²) in [5, 5.41) is 3.71. The van der Waals surface area contributed by atoms with Gasteiger partial charge in [0.25, 0.3) is 0 Å². The molecule has 0 aromatic heterocycles. The van der Waals surface area contributed by atoms with E-state index in [1.54, 1.807) is 0 Å². The first-order chi connectivity index (χ1) is 6.65. The number of nitrogens with zero attached hydrogens (tertiary/aromatic N) is 1. The number of likely N-dealkylation sites (tertiary alicyclic amines) is 1. The smallest absolute Gasteiger partial charge is 0.0325 e. The monoisotopic (exact) mass is 197 g/mol. The summed E-state index contributed by atoms with van der Waals surface area (Å²) in [7, 11) is 0. The van der Waals surface area contributed by atoms with Gasteiger partial charge < -0.3 is 11.1 Å². The SMILES string of the molecule is CC(C)N1CC(NC2CCC(N)C2)C1. The number of nitrogens with one attached hydrogen (secondary N) is 1. The van der Waals surface area contributed by atoms with Crippen molar-refractivity contribution in [1.82, 2.24) is 10.2 Å². The lowest BCUT2D eigenvalue weighted by atomic mass is 10.0. The Morgan fingerprint density at radius 1 is 1.21 bits per heavy atom. The highest BCUT2D eigenvalue weighted by Gasteiger charge is 2.31. The predicted octanol–water partition coefficient (Wildman–Crippen LogP) is 0.548. The van der Waals surface area contributed by atoms with E-state index in [-0.39, 0.29) is 0 Å². The number of rotatable bonds is 3. The molecular formula is C11H23N3. The molecule has 0 amide bonds.